The van der Waals surface area contributed by atoms with Crippen LogP contribution in [0.3, 0.4) is 0 Å². The number of nitrogens with one attached hydrogen (secondary N) is 1. The summed E-state index contributed by atoms with van der Waals surface area (Å²) in [6.45, 7) is 0.859. The maximum Gasteiger partial charge on any atom is 0.393 e. The molecule has 1 N–H and O–H groups in total. The number of pyridine rings is 1. The van der Waals surface area contributed by atoms with E-state index in [0.29, 0.717) is 31.1 Å². The number of hydrogen-bond acceptors (Lipinski definition) is 3. The van der Waals surface area contributed by atoms with E-state index in [2.05, 4.69) is 10.3 Å². The highest BCUT2D eigenvalue weighted by Crippen LogP contribution is 2.35. The fourth-order valence-corrected chi connectivity index (χ4v) is 2.96. The Labute approximate surface area is 143 Å². The number of benzene rings is 1. The number of nitrogens with zero attached hydrogens (tertiary/aromatic N) is 2. The topological polar surface area (TPSA) is 28.2 Å². The zero-order valence-electron chi connectivity index (χ0n) is 13.6. The second-order valence-corrected chi connectivity index (χ2v) is 6.16. The van der Waals surface area contributed by atoms with E-state index in [1.807, 2.05) is 6.07 Å². The lowest BCUT2D eigenvalue weighted by molar-refractivity contribution is -0.168. The van der Waals surface area contributed by atoms with Crippen molar-refractivity contribution in [2.45, 2.75) is 19.0 Å². The average molecular weight is 353 g/mol. The Bertz CT molecular complexity index is 717. The quantitative estimate of drug-likeness (QED) is 0.814. The van der Waals surface area contributed by atoms with Crippen LogP contribution in [0.4, 0.5) is 29.2 Å². The molecular weight excluding hydrogens is 334 g/mol. The first kappa shape index (κ1) is 17.5. The van der Waals surface area contributed by atoms with Crippen molar-refractivity contribution in [3.63, 3.8) is 0 Å². The molecule has 0 spiro atoms. The van der Waals surface area contributed by atoms with Gasteiger partial charge in [0.25, 0.3) is 0 Å². The largest absolute Gasteiger partial charge is 0.393 e. The maximum atomic E-state index is 13.1. The lowest BCUT2D eigenvalue weighted by Crippen LogP contribution is -2.27. The van der Waals surface area contributed by atoms with Crippen molar-refractivity contribution in [2.24, 2.45) is 5.92 Å². The van der Waals surface area contributed by atoms with E-state index in [-0.39, 0.29) is 18.8 Å². The Morgan fingerprint density at radius 3 is 2.68 bits per heavy atom. The van der Waals surface area contributed by atoms with E-state index < -0.39 is 12.1 Å². The zero-order chi connectivity index (χ0) is 17.9. The lowest BCUT2D eigenvalue weighted by Gasteiger charge is -2.19. The number of alkyl halides is 3. The zero-order valence-corrected chi connectivity index (χ0v) is 13.6. The van der Waals surface area contributed by atoms with Gasteiger partial charge in [-0.15, -0.1) is 0 Å². The minimum Gasteiger partial charge on any atom is -0.370 e. The third-order valence-corrected chi connectivity index (χ3v) is 4.32. The van der Waals surface area contributed by atoms with Gasteiger partial charge in [0.05, 0.1) is 5.92 Å². The van der Waals surface area contributed by atoms with Crippen LogP contribution in [0, 0.1) is 11.7 Å². The van der Waals surface area contributed by atoms with Gasteiger partial charge in [-0.3, -0.25) is 0 Å². The second-order valence-electron chi connectivity index (χ2n) is 6.16. The summed E-state index contributed by atoms with van der Waals surface area (Å²) in [7, 11) is 0. The summed E-state index contributed by atoms with van der Waals surface area (Å²) in [5.74, 6) is -0.420. The molecule has 0 aliphatic carbocycles. The number of halogens is 4. The Hall–Kier alpha value is -2.31. The third-order valence-electron chi connectivity index (χ3n) is 4.32. The summed E-state index contributed by atoms with van der Waals surface area (Å²) in [6.07, 6.45) is -3.43. The molecule has 1 saturated heterocycles. The van der Waals surface area contributed by atoms with Gasteiger partial charge in [-0.1, -0.05) is 18.2 Å². The van der Waals surface area contributed by atoms with E-state index in [1.165, 1.54) is 12.1 Å². The molecule has 0 bridgehead atoms. The summed E-state index contributed by atoms with van der Waals surface area (Å²) in [6, 6.07) is 11.6. The number of aromatic nitrogens is 1. The van der Waals surface area contributed by atoms with Crippen LogP contribution in [0.2, 0.25) is 0 Å². The van der Waals surface area contributed by atoms with Crippen LogP contribution in [-0.4, -0.2) is 30.8 Å². The standard InChI is InChI=1S/C18H19F4N3/c19-15-4-1-3-13(11-15)7-9-23-16-5-2-6-17(24-16)25-10-8-14(12-25)18(20,21)22/h1-6,11,14H,7-10,12H2,(H,23,24). The molecule has 3 nitrogen and oxygen atoms in total. The van der Waals surface area contributed by atoms with Crippen LogP contribution in [-0.2, 0) is 6.42 Å². The minimum absolute atomic E-state index is 0.0523. The maximum absolute atomic E-state index is 13.1. The van der Waals surface area contributed by atoms with Crippen LogP contribution < -0.4 is 10.2 Å². The Balaban J connectivity index is 1.57. The van der Waals surface area contributed by atoms with E-state index in [0.717, 1.165) is 5.56 Å². The van der Waals surface area contributed by atoms with Crippen LogP contribution in [0.15, 0.2) is 42.5 Å². The molecule has 0 saturated carbocycles. The summed E-state index contributed by atoms with van der Waals surface area (Å²) in [4.78, 5) is 6.06. The summed E-state index contributed by atoms with van der Waals surface area (Å²) < 4.78 is 51.5. The van der Waals surface area contributed by atoms with Gasteiger partial charge in [0, 0.05) is 19.6 Å². The van der Waals surface area contributed by atoms with Crippen molar-refractivity contribution in [1.29, 1.82) is 0 Å². The van der Waals surface area contributed by atoms with Gasteiger partial charge >= 0.3 is 6.18 Å². The first-order chi connectivity index (χ1) is 11.9. The van der Waals surface area contributed by atoms with E-state index in [1.54, 1.807) is 29.2 Å². The van der Waals surface area contributed by atoms with Crippen LogP contribution in [0.5, 0.6) is 0 Å². The second kappa shape index (κ2) is 7.29. The summed E-state index contributed by atoms with van der Waals surface area (Å²) in [5.41, 5.74) is 0.871. The van der Waals surface area contributed by atoms with Crippen LogP contribution in [0.1, 0.15) is 12.0 Å². The predicted octanol–water partition coefficient (Wildman–Crippen LogP) is 4.26. The van der Waals surface area contributed by atoms with Gasteiger partial charge in [0.1, 0.15) is 17.5 Å². The first-order valence-corrected chi connectivity index (χ1v) is 8.19. The summed E-state index contributed by atoms with van der Waals surface area (Å²) >= 11 is 0. The highest BCUT2D eigenvalue weighted by molar-refractivity contribution is 5.48. The molecular formula is C18H19F4N3. The fraction of sp³-hybridized carbons (Fsp3) is 0.389. The molecule has 7 heteroatoms. The molecule has 134 valence electrons. The Morgan fingerprint density at radius 2 is 1.96 bits per heavy atom. The van der Waals surface area contributed by atoms with Crippen molar-refractivity contribution in [3.8, 4) is 0 Å². The summed E-state index contributed by atoms with van der Waals surface area (Å²) in [5, 5.41) is 3.14. The molecule has 1 atom stereocenters. The molecule has 1 aliphatic heterocycles. The Morgan fingerprint density at radius 1 is 1.16 bits per heavy atom. The van der Waals surface area contributed by atoms with Gasteiger partial charge in [-0.05, 0) is 42.7 Å². The fourth-order valence-electron chi connectivity index (χ4n) is 2.96. The monoisotopic (exact) mass is 353 g/mol. The molecule has 1 aromatic carbocycles. The third kappa shape index (κ3) is 4.61. The van der Waals surface area contributed by atoms with Crippen LogP contribution in [0.25, 0.3) is 0 Å². The van der Waals surface area contributed by atoms with E-state index in [4.69, 9.17) is 0 Å². The van der Waals surface area contributed by atoms with Crippen molar-refractivity contribution in [3.05, 3.63) is 53.8 Å². The van der Waals surface area contributed by atoms with Crippen molar-refractivity contribution >= 4 is 11.6 Å². The predicted molar refractivity (Wildman–Crippen MR) is 89.2 cm³/mol. The normalized spacial score (nSPS) is 17.8. The molecule has 3 rings (SSSR count). The average Bonchev–Trinajstić information content (AvgIpc) is 3.06. The number of hydrogen-bond donors (Lipinski definition) is 1. The van der Waals surface area contributed by atoms with Gasteiger partial charge in [-0.25, -0.2) is 9.37 Å². The molecule has 0 amide bonds. The number of anilines is 2. The van der Waals surface area contributed by atoms with Crippen molar-refractivity contribution in [1.82, 2.24) is 4.98 Å². The molecule has 1 aliphatic rings. The molecule has 2 aromatic rings. The first-order valence-electron chi connectivity index (χ1n) is 8.19. The molecule has 1 fully saturated rings. The minimum atomic E-state index is -4.16. The molecule has 1 aromatic heterocycles. The van der Waals surface area contributed by atoms with Crippen molar-refractivity contribution in [2.75, 3.05) is 29.9 Å². The van der Waals surface area contributed by atoms with Crippen molar-refractivity contribution < 1.29 is 17.6 Å². The van der Waals surface area contributed by atoms with Gasteiger partial charge in [-0.2, -0.15) is 13.2 Å². The number of rotatable bonds is 5. The smallest absolute Gasteiger partial charge is 0.370 e. The van der Waals surface area contributed by atoms with Gasteiger partial charge < -0.3 is 10.2 Å². The molecule has 1 unspecified atom stereocenters. The van der Waals surface area contributed by atoms with Crippen LogP contribution >= 0.6 is 0 Å². The molecule has 25 heavy (non-hydrogen) atoms. The highest BCUT2D eigenvalue weighted by Gasteiger charge is 2.43. The van der Waals surface area contributed by atoms with E-state index in [9.17, 15) is 17.6 Å². The SMILES string of the molecule is Fc1cccc(CCNc2cccc(N3CCC(C(F)(F)F)C3)n2)c1. The van der Waals surface area contributed by atoms with E-state index >= 15 is 0 Å². The lowest BCUT2D eigenvalue weighted by atomic mass is 10.1. The Kier molecular flexibility index (Phi) is 5.11. The molecule has 0 radical (unpaired) electrons. The highest BCUT2D eigenvalue weighted by atomic mass is 19.4. The molecule has 2 heterocycles. The van der Waals surface area contributed by atoms with Gasteiger partial charge in [0.15, 0.2) is 0 Å². The van der Waals surface area contributed by atoms with Gasteiger partial charge in [0.2, 0.25) is 0 Å².